The summed E-state index contributed by atoms with van der Waals surface area (Å²) in [6.45, 7) is 5.51. The molecule has 4 N–H and O–H groups in total. The summed E-state index contributed by atoms with van der Waals surface area (Å²) in [5.41, 5.74) is 2.58. The Balaban J connectivity index is 1.88. The zero-order chi connectivity index (χ0) is 23.4. The molecule has 1 heterocycles. The van der Waals surface area contributed by atoms with Crippen LogP contribution in [0.5, 0.6) is 0 Å². The molecule has 0 spiro atoms. The van der Waals surface area contributed by atoms with E-state index in [1.165, 1.54) is 11.3 Å². The maximum Gasteiger partial charge on any atom is 0.326 e. The number of halogens is 1. The number of para-hydroxylation sites is 1. The summed E-state index contributed by atoms with van der Waals surface area (Å²) in [6, 6.07) is 3.82. The molecule has 1 aliphatic carbocycles. The SMILES string of the molecule is CCC(C)[C@H](NC(=O)c1c(NC(=O)Nc2c(C)cccc2Cl)sc2c1CCCC2)C(=O)O. The van der Waals surface area contributed by atoms with Gasteiger partial charge in [-0.2, -0.15) is 0 Å². The molecule has 172 valence electrons. The molecule has 0 saturated heterocycles. The van der Waals surface area contributed by atoms with Crippen molar-refractivity contribution in [1.82, 2.24) is 5.32 Å². The van der Waals surface area contributed by atoms with Crippen molar-refractivity contribution in [1.29, 1.82) is 0 Å². The van der Waals surface area contributed by atoms with Crippen molar-refractivity contribution in [3.63, 3.8) is 0 Å². The van der Waals surface area contributed by atoms with Crippen LogP contribution in [0.4, 0.5) is 15.5 Å². The highest BCUT2D eigenvalue weighted by molar-refractivity contribution is 7.17. The van der Waals surface area contributed by atoms with E-state index in [-0.39, 0.29) is 5.92 Å². The second kappa shape index (κ2) is 10.4. The molecule has 3 rings (SSSR count). The normalized spacial score (nSPS) is 14.8. The summed E-state index contributed by atoms with van der Waals surface area (Å²) in [7, 11) is 0. The molecule has 1 aliphatic rings. The number of urea groups is 1. The summed E-state index contributed by atoms with van der Waals surface area (Å²) >= 11 is 7.59. The van der Waals surface area contributed by atoms with Gasteiger partial charge in [0.1, 0.15) is 11.0 Å². The quantitative estimate of drug-likeness (QED) is 0.424. The smallest absolute Gasteiger partial charge is 0.326 e. The van der Waals surface area contributed by atoms with Gasteiger partial charge in [0.25, 0.3) is 5.91 Å². The van der Waals surface area contributed by atoms with Crippen LogP contribution in [0.1, 0.15) is 59.5 Å². The maximum atomic E-state index is 13.2. The van der Waals surface area contributed by atoms with Gasteiger partial charge in [-0.15, -0.1) is 11.3 Å². The van der Waals surface area contributed by atoms with E-state index in [1.807, 2.05) is 19.9 Å². The molecule has 2 atom stereocenters. The Morgan fingerprint density at radius 2 is 1.91 bits per heavy atom. The highest BCUT2D eigenvalue weighted by Gasteiger charge is 2.31. The lowest BCUT2D eigenvalue weighted by Crippen LogP contribution is -2.45. The Morgan fingerprint density at radius 1 is 1.19 bits per heavy atom. The van der Waals surface area contributed by atoms with Crippen LogP contribution in [0.2, 0.25) is 5.02 Å². The molecule has 1 aromatic heterocycles. The van der Waals surface area contributed by atoms with E-state index in [2.05, 4.69) is 16.0 Å². The predicted octanol–water partition coefficient (Wildman–Crippen LogP) is 5.46. The molecule has 1 unspecified atom stereocenters. The van der Waals surface area contributed by atoms with Gasteiger partial charge in [0.2, 0.25) is 0 Å². The van der Waals surface area contributed by atoms with Crippen molar-refractivity contribution in [3.8, 4) is 0 Å². The van der Waals surface area contributed by atoms with Gasteiger partial charge in [0.15, 0.2) is 0 Å². The first kappa shape index (κ1) is 24.1. The van der Waals surface area contributed by atoms with Crippen molar-refractivity contribution < 1.29 is 19.5 Å². The van der Waals surface area contributed by atoms with Crippen LogP contribution < -0.4 is 16.0 Å². The number of rotatable bonds is 7. The van der Waals surface area contributed by atoms with Crippen LogP contribution >= 0.6 is 22.9 Å². The van der Waals surface area contributed by atoms with Gasteiger partial charge in [-0.05, 0) is 55.7 Å². The molecule has 0 radical (unpaired) electrons. The number of nitrogens with one attached hydrogen (secondary N) is 3. The van der Waals surface area contributed by atoms with E-state index in [0.29, 0.717) is 27.7 Å². The Bertz CT molecular complexity index is 1020. The van der Waals surface area contributed by atoms with Gasteiger partial charge >= 0.3 is 12.0 Å². The minimum Gasteiger partial charge on any atom is -0.480 e. The lowest BCUT2D eigenvalue weighted by Gasteiger charge is -2.21. The average Bonchev–Trinajstić information content (AvgIpc) is 3.11. The Hall–Kier alpha value is -2.58. The largest absolute Gasteiger partial charge is 0.480 e. The standard InChI is InChI=1S/C23H28ClN3O4S/c1-4-12(2)19(22(29)30)25-20(28)17-14-9-5-6-11-16(14)32-21(17)27-23(31)26-18-13(3)8-7-10-15(18)24/h7-8,10,12,19H,4-6,9,11H2,1-3H3,(H,25,28)(H,29,30)(H2,26,27,31)/t12?,19-/m0/s1. The first-order valence-electron chi connectivity index (χ1n) is 10.7. The van der Waals surface area contributed by atoms with E-state index in [9.17, 15) is 19.5 Å². The third kappa shape index (κ3) is 5.24. The topological polar surface area (TPSA) is 108 Å². The fraction of sp³-hybridized carbons (Fsp3) is 0.435. The van der Waals surface area contributed by atoms with Gasteiger partial charge in [0, 0.05) is 4.88 Å². The number of carboxylic acid groups (broad SMARTS) is 1. The van der Waals surface area contributed by atoms with Crippen LogP contribution in [-0.2, 0) is 17.6 Å². The minimum atomic E-state index is -1.07. The first-order valence-corrected chi connectivity index (χ1v) is 11.9. The summed E-state index contributed by atoms with van der Waals surface area (Å²) in [5.74, 6) is -1.77. The molecule has 32 heavy (non-hydrogen) atoms. The lowest BCUT2D eigenvalue weighted by atomic mass is 9.94. The molecule has 9 heteroatoms. The molecule has 0 bridgehead atoms. The summed E-state index contributed by atoms with van der Waals surface area (Å²) in [6.07, 6.45) is 4.14. The molecule has 2 aromatic rings. The highest BCUT2D eigenvalue weighted by atomic mass is 35.5. The molecular weight excluding hydrogens is 450 g/mol. The Morgan fingerprint density at radius 3 is 2.56 bits per heavy atom. The van der Waals surface area contributed by atoms with Crippen LogP contribution in [0, 0.1) is 12.8 Å². The maximum absolute atomic E-state index is 13.2. The predicted molar refractivity (Wildman–Crippen MR) is 128 cm³/mol. The number of anilines is 2. The van der Waals surface area contributed by atoms with Crippen molar-refractivity contribution in [2.45, 2.75) is 58.9 Å². The van der Waals surface area contributed by atoms with Crippen LogP contribution in [0.25, 0.3) is 0 Å². The van der Waals surface area contributed by atoms with Gasteiger partial charge < -0.3 is 15.7 Å². The molecule has 3 amide bonds. The van der Waals surface area contributed by atoms with E-state index in [4.69, 9.17) is 11.6 Å². The summed E-state index contributed by atoms with van der Waals surface area (Å²) < 4.78 is 0. The Kier molecular flexibility index (Phi) is 7.79. The van der Waals surface area contributed by atoms with E-state index in [0.717, 1.165) is 41.7 Å². The number of hydrogen-bond acceptors (Lipinski definition) is 4. The molecule has 7 nitrogen and oxygen atoms in total. The number of aryl methyl sites for hydroxylation is 2. The summed E-state index contributed by atoms with van der Waals surface area (Å²) in [4.78, 5) is 38.8. The summed E-state index contributed by atoms with van der Waals surface area (Å²) in [5, 5.41) is 18.7. The zero-order valence-corrected chi connectivity index (χ0v) is 20.0. The third-order valence-corrected chi connectivity index (χ3v) is 7.37. The average molecular weight is 478 g/mol. The van der Waals surface area contributed by atoms with Crippen LogP contribution in [0.15, 0.2) is 18.2 Å². The first-order chi connectivity index (χ1) is 15.2. The highest BCUT2D eigenvalue weighted by Crippen LogP contribution is 2.38. The number of thiophene rings is 1. The fourth-order valence-corrected chi connectivity index (χ4v) is 5.38. The van der Waals surface area contributed by atoms with E-state index < -0.39 is 23.9 Å². The van der Waals surface area contributed by atoms with Crippen molar-refractivity contribution in [2.24, 2.45) is 5.92 Å². The van der Waals surface area contributed by atoms with Crippen molar-refractivity contribution in [3.05, 3.63) is 44.8 Å². The zero-order valence-electron chi connectivity index (χ0n) is 18.4. The number of hydrogen-bond donors (Lipinski definition) is 4. The minimum absolute atomic E-state index is 0.228. The molecular formula is C23H28ClN3O4S. The monoisotopic (exact) mass is 477 g/mol. The number of carbonyl (C=O) groups excluding carboxylic acids is 2. The fourth-order valence-electron chi connectivity index (χ4n) is 3.83. The Labute approximate surface area is 196 Å². The lowest BCUT2D eigenvalue weighted by molar-refractivity contribution is -0.140. The second-order valence-corrected chi connectivity index (χ2v) is 9.61. The van der Waals surface area contributed by atoms with E-state index in [1.54, 1.807) is 19.1 Å². The number of benzene rings is 1. The van der Waals surface area contributed by atoms with Crippen molar-refractivity contribution in [2.75, 3.05) is 10.6 Å². The van der Waals surface area contributed by atoms with Gasteiger partial charge in [-0.1, -0.05) is 44.0 Å². The van der Waals surface area contributed by atoms with Crippen molar-refractivity contribution >= 4 is 51.5 Å². The number of aliphatic carboxylic acids is 1. The number of carboxylic acids is 1. The van der Waals surface area contributed by atoms with E-state index >= 15 is 0 Å². The van der Waals surface area contributed by atoms with Crippen LogP contribution in [-0.4, -0.2) is 29.1 Å². The molecule has 0 aliphatic heterocycles. The number of carbonyl (C=O) groups is 3. The number of amides is 3. The molecule has 1 aromatic carbocycles. The number of fused-ring (bicyclic) bond motifs is 1. The molecule has 0 saturated carbocycles. The van der Waals surface area contributed by atoms with Crippen LogP contribution in [0.3, 0.4) is 0 Å². The van der Waals surface area contributed by atoms with Gasteiger partial charge in [0.05, 0.1) is 16.3 Å². The third-order valence-electron chi connectivity index (χ3n) is 5.85. The van der Waals surface area contributed by atoms with Gasteiger partial charge in [-0.3, -0.25) is 10.1 Å². The van der Waals surface area contributed by atoms with Gasteiger partial charge in [-0.25, -0.2) is 9.59 Å². The molecule has 0 fully saturated rings. The second-order valence-electron chi connectivity index (χ2n) is 8.10.